The molecule has 6 heteroatoms. The monoisotopic (exact) mass is 357 g/mol. The number of para-hydroxylation sites is 2. The number of Topliss-reactive ketones (excluding diaryl/α,β-unsaturated/α-hetero) is 1. The number of carbonyl (C=O) groups is 2. The van der Waals surface area contributed by atoms with Crippen LogP contribution in [-0.2, 0) is 11.3 Å². The summed E-state index contributed by atoms with van der Waals surface area (Å²) >= 11 is 0. The lowest BCUT2D eigenvalue weighted by atomic mass is 9.98. The van der Waals surface area contributed by atoms with E-state index in [1.54, 1.807) is 11.8 Å². The van der Waals surface area contributed by atoms with Crippen LogP contribution >= 0.6 is 0 Å². The van der Waals surface area contributed by atoms with Crippen molar-refractivity contribution in [2.24, 2.45) is 5.92 Å². The normalized spacial score (nSPS) is 18.2. The second kappa shape index (κ2) is 7.09. The van der Waals surface area contributed by atoms with Crippen molar-refractivity contribution in [2.45, 2.75) is 52.7 Å². The van der Waals surface area contributed by atoms with Gasteiger partial charge in [0.15, 0.2) is 11.6 Å². The topological polar surface area (TPSA) is 64.4 Å². The maximum atomic E-state index is 12.4. The van der Waals surface area contributed by atoms with Gasteiger partial charge in [-0.05, 0) is 51.7 Å². The number of rotatable bonds is 3. The third kappa shape index (κ3) is 4.06. The third-order valence-corrected chi connectivity index (χ3v) is 4.58. The average molecular weight is 357 g/mol. The van der Waals surface area contributed by atoms with Gasteiger partial charge in [0.1, 0.15) is 5.60 Å². The summed E-state index contributed by atoms with van der Waals surface area (Å²) < 4.78 is 7.51. The number of likely N-dealkylation sites (tertiary alicyclic amines) is 1. The fourth-order valence-corrected chi connectivity index (χ4v) is 3.49. The Kier molecular flexibility index (Phi) is 5.03. The van der Waals surface area contributed by atoms with Gasteiger partial charge < -0.3 is 14.2 Å². The number of fused-ring (bicyclic) bond motifs is 1. The zero-order valence-corrected chi connectivity index (χ0v) is 16.0. The Hall–Kier alpha value is -2.37. The number of imidazole rings is 1. The van der Waals surface area contributed by atoms with E-state index in [2.05, 4.69) is 4.98 Å². The average Bonchev–Trinajstić information content (AvgIpc) is 2.93. The Morgan fingerprint density at radius 1 is 1.27 bits per heavy atom. The summed E-state index contributed by atoms with van der Waals surface area (Å²) in [5.74, 6) is 0.716. The Labute approximate surface area is 154 Å². The Balaban J connectivity index is 1.79. The Morgan fingerprint density at radius 2 is 2.00 bits per heavy atom. The highest BCUT2D eigenvalue weighted by Gasteiger charge is 2.28. The number of piperidine rings is 1. The zero-order chi connectivity index (χ0) is 18.9. The molecule has 1 atom stereocenters. The summed E-state index contributed by atoms with van der Waals surface area (Å²) in [5, 5.41) is 0. The van der Waals surface area contributed by atoms with Crippen molar-refractivity contribution in [1.82, 2.24) is 14.5 Å². The largest absolute Gasteiger partial charge is 0.444 e. The molecule has 1 amide bonds. The van der Waals surface area contributed by atoms with Gasteiger partial charge in [0.05, 0.1) is 11.0 Å². The Bertz CT molecular complexity index is 819. The van der Waals surface area contributed by atoms with Gasteiger partial charge >= 0.3 is 6.09 Å². The first-order valence-corrected chi connectivity index (χ1v) is 9.19. The molecule has 1 aliphatic rings. The molecule has 0 aliphatic carbocycles. The molecule has 1 aromatic heterocycles. The minimum Gasteiger partial charge on any atom is -0.444 e. The van der Waals surface area contributed by atoms with Crippen molar-refractivity contribution in [1.29, 1.82) is 0 Å². The van der Waals surface area contributed by atoms with Crippen LogP contribution in [0.4, 0.5) is 4.79 Å². The fraction of sp³-hybridized carbons (Fsp3) is 0.550. The predicted octanol–water partition coefficient (Wildman–Crippen LogP) is 3.89. The molecule has 140 valence electrons. The molecular weight excluding hydrogens is 330 g/mol. The zero-order valence-electron chi connectivity index (χ0n) is 16.0. The number of nitrogens with zero attached hydrogens (tertiary/aromatic N) is 3. The lowest BCUT2D eigenvalue weighted by Crippen LogP contribution is -2.43. The van der Waals surface area contributed by atoms with Crippen LogP contribution in [0.1, 0.15) is 51.2 Å². The first-order chi connectivity index (χ1) is 12.2. The lowest BCUT2D eigenvalue weighted by Gasteiger charge is -2.34. The standard InChI is InChI=1S/C20H27N3O3/c1-14(24)18-21-16-9-5-6-10-17(16)23(18)13-15-8-7-11-22(12-15)19(25)26-20(2,3)4/h5-6,9-10,15H,7-8,11-13H2,1-4H3/t15-/m0/s1. The molecule has 1 fully saturated rings. The van der Waals surface area contributed by atoms with Crippen LogP contribution in [0.25, 0.3) is 11.0 Å². The van der Waals surface area contributed by atoms with E-state index in [4.69, 9.17) is 4.74 Å². The molecule has 6 nitrogen and oxygen atoms in total. The van der Waals surface area contributed by atoms with Crippen molar-refractivity contribution >= 4 is 22.9 Å². The molecule has 2 heterocycles. The highest BCUT2D eigenvalue weighted by Crippen LogP contribution is 2.24. The molecule has 1 aromatic carbocycles. The summed E-state index contributed by atoms with van der Waals surface area (Å²) in [4.78, 5) is 30.7. The number of benzene rings is 1. The van der Waals surface area contributed by atoms with Gasteiger partial charge in [0.25, 0.3) is 0 Å². The van der Waals surface area contributed by atoms with Crippen LogP contribution in [0, 0.1) is 5.92 Å². The molecule has 3 rings (SSSR count). The Morgan fingerprint density at radius 3 is 2.69 bits per heavy atom. The van der Waals surface area contributed by atoms with Crippen LogP contribution in [0.15, 0.2) is 24.3 Å². The lowest BCUT2D eigenvalue weighted by molar-refractivity contribution is 0.0157. The number of ether oxygens (including phenoxy) is 1. The van der Waals surface area contributed by atoms with Crippen molar-refractivity contribution in [3.8, 4) is 0 Å². The van der Waals surface area contributed by atoms with Crippen LogP contribution in [0.5, 0.6) is 0 Å². The molecule has 0 unspecified atom stereocenters. The maximum absolute atomic E-state index is 12.4. The summed E-state index contributed by atoms with van der Waals surface area (Å²) in [6, 6.07) is 7.79. The summed E-state index contributed by atoms with van der Waals surface area (Å²) in [5.41, 5.74) is 1.30. The molecule has 1 aliphatic heterocycles. The van der Waals surface area contributed by atoms with E-state index >= 15 is 0 Å². The molecule has 0 N–H and O–H groups in total. The smallest absolute Gasteiger partial charge is 0.410 e. The fourth-order valence-electron chi connectivity index (χ4n) is 3.49. The molecule has 26 heavy (non-hydrogen) atoms. The second-order valence-corrected chi connectivity index (χ2v) is 8.03. The number of amides is 1. The molecule has 0 spiro atoms. The van der Waals surface area contributed by atoms with Crippen molar-refractivity contribution < 1.29 is 14.3 Å². The van der Waals surface area contributed by atoms with E-state index in [9.17, 15) is 9.59 Å². The van der Waals surface area contributed by atoms with Crippen LogP contribution in [0.2, 0.25) is 0 Å². The van der Waals surface area contributed by atoms with Crippen LogP contribution in [0.3, 0.4) is 0 Å². The van der Waals surface area contributed by atoms with E-state index in [1.807, 2.05) is 49.6 Å². The van der Waals surface area contributed by atoms with Gasteiger partial charge in [-0.1, -0.05) is 12.1 Å². The van der Waals surface area contributed by atoms with Gasteiger partial charge in [0.2, 0.25) is 0 Å². The van der Waals surface area contributed by atoms with E-state index in [0.29, 0.717) is 18.9 Å². The predicted molar refractivity (Wildman–Crippen MR) is 100 cm³/mol. The highest BCUT2D eigenvalue weighted by molar-refractivity contribution is 5.94. The maximum Gasteiger partial charge on any atom is 0.410 e. The summed E-state index contributed by atoms with van der Waals surface area (Å²) in [6.07, 6.45) is 1.69. The highest BCUT2D eigenvalue weighted by atomic mass is 16.6. The first-order valence-electron chi connectivity index (χ1n) is 9.19. The van der Waals surface area contributed by atoms with E-state index in [0.717, 1.165) is 30.4 Å². The van der Waals surface area contributed by atoms with Crippen LogP contribution < -0.4 is 0 Å². The summed E-state index contributed by atoms with van der Waals surface area (Å²) in [6.45, 7) is 9.21. The van der Waals surface area contributed by atoms with E-state index in [-0.39, 0.29) is 17.8 Å². The molecule has 0 saturated carbocycles. The molecular formula is C20H27N3O3. The number of ketones is 1. The van der Waals surface area contributed by atoms with Gasteiger partial charge in [-0.25, -0.2) is 9.78 Å². The van der Waals surface area contributed by atoms with Gasteiger partial charge in [-0.3, -0.25) is 4.79 Å². The minimum absolute atomic E-state index is 0.0407. The molecule has 1 saturated heterocycles. The van der Waals surface area contributed by atoms with E-state index in [1.165, 1.54) is 0 Å². The van der Waals surface area contributed by atoms with Gasteiger partial charge in [-0.2, -0.15) is 0 Å². The van der Waals surface area contributed by atoms with Crippen molar-refractivity contribution in [3.05, 3.63) is 30.1 Å². The minimum atomic E-state index is -0.494. The molecule has 0 bridgehead atoms. The number of carbonyl (C=O) groups excluding carboxylic acids is 2. The van der Waals surface area contributed by atoms with Crippen LogP contribution in [-0.4, -0.2) is 45.0 Å². The van der Waals surface area contributed by atoms with Crippen molar-refractivity contribution in [2.75, 3.05) is 13.1 Å². The first kappa shape index (κ1) is 18.4. The number of aromatic nitrogens is 2. The third-order valence-electron chi connectivity index (χ3n) is 4.58. The second-order valence-electron chi connectivity index (χ2n) is 8.03. The SMILES string of the molecule is CC(=O)c1nc2ccccc2n1C[C@H]1CCCN(C(=O)OC(C)(C)C)C1. The van der Waals surface area contributed by atoms with E-state index < -0.39 is 5.60 Å². The number of hydrogen-bond donors (Lipinski definition) is 0. The quantitative estimate of drug-likeness (QED) is 0.782. The van der Waals surface area contributed by atoms with Gasteiger partial charge in [0, 0.05) is 26.6 Å². The summed E-state index contributed by atoms with van der Waals surface area (Å²) in [7, 11) is 0. The molecule has 2 aromatic rings. The van der Waals surface area contributed by atoms with Gasteiger partial charge in [-0.15, -0.1) is 0 Å². The van der Waals surface area contributed by atoms with Crippen molar-refractivity contribution in [3.63, 3.8) is 0 Å². The number of hydrogen-bond acceptors (Lipinski definition) is 4. The molecule has 0 radical (unpaired) electrons.